The van der Waals surface area contributed by atoms with Crippen molar-refractivity contribution in [2.75, 3.05) is 0 Å². The molecule has 0 aliphatic heterocycles. The number of hydrogen-bond acceptors (Lipinski definition) is 0. The smallest absolute Gasteiger partial charge is 0.00959 e. The molecule has 0 atom stereocenters. The van der Waals surface area contributed by atoms with Crippen LogP contribution in [0.5, 0.6) is 0 Å². The van der Waals surface area contributed by atoms with Crippen molar-refractivity contribution in [3.63, 3.8) is 0 Å². The highest BCUT2D eigenvalue weighted by Crippen LogP contribution is 2.26. The molecule has 0 nitrogen and oxygen atoms in total. The first-order valence-corrected chi connectivity index (χ1v) is 11.6. The van der Waals surface area contributed by atoms with Crippen molar-refractivity contribution in [1.82, 2.24) is 0 Å². The molecule has 0 saturated heterocycles. The fourth-order valence-corrected chi connectivity index (χ4v) is 4.84. The van der Waals surface area contributed by atoms with Gasteiger partial charge in [0, 0.05) is 0 Å². The third kappa shape index (κ3) is 3.39. The summed E-state index contributed by atoms with van der Waals surface area (Å²) in [4.78, 5) is 0. The molecule has 4 aromatic rings. The van der Waals surface area contributed by atoms with Gasteiger partial charge in [0.15, 0.2) is 0 Å². The van der Waals surface area contributed by atoms with Gasteiger partial charge in [-0.05, 0) is 75.8 Å². The van der Waals surface area contributed by atoms with Gasteiger partial charge < -0.3 is 0 Å². The van der Waals surface area contributed by atoms with Gasteiger partial charge >= 0.3 is 0 Å². The summed E-state index contributed by atoms with van der Waals surface area (Å²) < 4.78 is 0. The molecule has 0 radical (unpaired) electrons. The van der Waals surface area contributed by atoms with Gasteiger partial charge in [0.2, 0.25) is 0 Å². The Morgan fingerprint density at radius 1 is 0.344 bits per heavy atom. The fraction of sp³-hybridized carbons (Fsp3) is 0.250. The number of benzene rings is 4. The molecule has 0 saturated carbocycles. The highest BCUT2D eigenvalue weighted by Gasteiger charge is 2.16. The SMILES string of the molecule is CC(C)(C)c1ccc2/c(c1)=c1\cc(C(C)(C)C)cc\c1=c1/cccc/c1=c1/cccc/c1=2. The van der Waals surface area contributed by atoms with Gasteiger partial charge in [0.25, 0.3) is 0 Å². The van der Waals surface area contributed by atoms with E-state index in [2.05, 4.69) is 126 Å². The predicted molar refractivity (Wildman–Crippen MR) is 134 cm³/mol. The van der Waals surface area contributed by atoms with Gasteiger partial charge in [-0.15, -0.1) is 0 Å². The molecule has 0 fully saturated rings. The summed E-state index contributed by atoms with van der Waals surface area (Å²) in [5.41, 5.74) is 2.93. The van der Waals surface area contributed by atoms with E-state index >= 15 is 0 Å². The first-order chi connectivity index (χ1) is 15.1. The van der Waals surface area contributed by atoms with Crippen LogP contribution in [0.15, 0.2) is 84.9 Å². The largest absolute Gasteiger partial charge is 0.0616 e. The van der Waals surface area contributed by atoms with E-state index < -0.39 is 0 Å². The Morgan fingerprint density at radius 2 is 0.625 bits per heavy atom. The molecule has 0 spiro atoms. The van der Waals surface area contributed by atoms with E-state index in [0.29, 0.717) is 0 Å². The van der Waals surface area contributed by atoms with E-state index in [1.807, 2.05) is 0 Å². The number of hydrogen-bond donors (Lipinski definition) is 0. The Kier molecular flexibility index (Phi) is 4.67. The Morgan fingerprint density at radius 3 is 0.906 bits per heavy atom. The van der Waals surface area contributed by atoms with Crippen molar-refractivity contribution in [3.05, 3.63) is 138 Å². The van der Waals surface area contributed by atoms with E-state index in [0.717, 1.165) is 0 Å². The first kappa shape index (κ1) is 20.8. The van der Waals surface area contributed by atoms with Crippen molar-refractivity contribution < 1.29 is 0 Å². The lowest BCUT2D eigenvalue weighted by Crippen LogP contribution is -2.12. The molecule has 0 unspecified atom stereocenters. The zero-order valence-corrected chi connectivity index (χ0v) is 20.1. The Labute approximate surface area is 190 Å². The summed E-state index contributed by atoms with van der Waals surface area (Å²) >= 11 is 0. The summed E-state index contributed by atoms with van der Waals surface area (Å²) in [6.45, 7) is 13.8. The van der Waals surface area contributed by atoms with Crippen LogP contribution in [0.3, 0.4) is 0 Å². The molecule has 0 heteroatoms. The van der Waals surface area contributed by atoms with Crippen LogP contribution in [0.25, 0.3) is 0 Å². The van der Waals surface area contributed by atoms with Crippen LogP contribution in [0.2, 0.25) is 0 Å². The minimum Gasteiger partial charge on any atom is -0.0616 e. The maximum atomic E-state index is 2.44. The minimum atomic E-state index is 0.0939. The Hall–Kier alpha value is -3.12. The molecule has 0 bridgehead atoms. The van der Waals surface area contributed by atoms with E-state index in [9.17, 15) is 0 Å². The molecule has 1 aliphatic rings. The summed E-state index contributed by atoms with van der Waals surface area (Å²) in [7, 11) is 0. The van der Waals surface area contributed by atoms with Crippen molar-refractivity contribution in [3.8, 4) is 0 Å². The van der Waals surface area contributed by atoms with Gasteiger partial charge in [0.05, 0.1) is 0 Å². The van der Waals surface area contributed by atoms with Crippen LogP contribution in [0.1, 0.15) is 52.7 Å². The topological polar surface area (TPSA) is 0 Å². The molecule has 4 aromatic carbocycles. The van der Waals surface area contributed by atoms with Gasteiger partial charge in [-0.25, -0.2) is 0 Å². The van der Waals surface area contributed by atoms with E-state index in [1.54, 1.807) is 0 Å². The van der Waals surface area contributed by atoms with E-state index in [-0.39, 0.29) is 10.8 Å². The zero-order chi connectivity index (χ0) is 22.7. The molecule has 32 heavy (non-hydrogen) atoms. The fourth-order valence-electron chi connectivity index (χ4n) is 4.84. The molecule has 160 valence electrons. The van der Waals surface area contributed by atoms with Crippen molar-refractivity contribution in [1.29, 1.82) is 0 Å². The van der Waals surface area contributed by atoms with Gasteiger partial charge in [0.1, 0.15) is 0 Å². The van der Waals surface area contributed by atoms with E-state index in [4.69, 9.17) is 0 Å². The summed E-state index contributed by atoms with van der Waals surface area (Å²) in [6, 6.07) is 31.9. The van der Waals surface area contributed by atoms with E-state index in [1.165, 1.54) is 52.9 Å². The van der Waals surface area contributed by atoms with Crippen LogP contribution >= 0.6 is 0 Å². The maximum absolute atomic E-state index is 2.44. The standard InChI is InChI=1S/C32H32/c1-31(2,3)21-15-17-27-25-13-9-7-11-23(25)24-12-8-10-14-26(24)28-18-16-22(32(4,5)6)20-30(28)29(27)19-21/h7-20H,1-6H3/b24-23+,27-25-,28-26-,30-29+. The lowest BCUT2D eigenvalue weighted by molar-refractivity contribution is 0.588. The minimum absolute atomic E-state index is 0.0939. The van der Waals surface area contributed by atoms with Crippen LogP contribution in [-0.4, -0.2) is 0 Å². The second-order valence-electron chi connectivity index (χ2n) is 11.1. The molecule has 0 amide bonds. The third-order valence-electron chi connectivity index (χ3n) is 6.79. The van der Waals surface area contributed by atoms with Crippen LogP contribution in [0.4, 0.5) is 0 Å². The van der Waals surface area contributed by atoms with Crippen molar-refractivity contribution in [2.45, 2.75) is 52.4 Å². The predicted octanol–water partition coefficient (Wildman–Crippen LogP) is 7.74. The third-order valence-corrected chi connectivity index (χ3v) is 6.79. The van der Waals surface area contributed by atoms with Crippen LogP contribution < -0.4 is 0 Å². The average Bonchev–Trinajstić information content (AvgIpc) is 2.76. The molecule has 5 rings (SSSR count). The molecular formula is C32H32. The normalized spacial score (nSPS) is 17.2. The average molecular weight is 417 g/mol. The monoisotopic (exact) mass is 416 g/mol. The first-order valence-electron chi connectivity index (χ1n) is 11.6. The Balaban J connectivity index is 2.28. The highest BCUT2D eigenvalue weighted by atomic mass is 14.2. The highest BCUT2D eigenvalue weighted by molar-refractivity contribution is 5.35. The van der Waals surface area contributed by atoms with Crippen LogP contribution in [-0.2, 0) is 10.8 Å². The molecule has 0 N–H and O–H groups in total. The second kappa shape index (κ2) is 7.20. The zero-order valence-electron chi connectivity index (χ0n) is 20.1. The second-order valence-corrected chi connectivity index (χ2v) is 11.1. The number of fused-ring (bicyclic) bond motifs is 4. The van der Waals surface area contributed by atoms with Gasteiger partial charge in [-0.2, -0.15) is 0 Å². The summed E-state index contributed by atoms with van der Waals surface area (Å²) in [6.07, 6.45) is 0. The lowest BCUT2D eigenvalue weighted by atomic mass is 9.84. The van der Waals surface area contributed by atoms with Gasteiger partial charge in [-0.1, -0.05) is 114 Å². The Bertz CT molecular complexity index is 1600. The maximum Gasteiger partial charge on any atom is -0.00959 e. The van der Waals surface area contributed by atoms with Crippen molar-refractivity contribution in [2.24, 2.45) is 0 Å². The lowest BCUT2D eigenvalue weighted by Gasteiger charge is -2.20. The molecule has 1 aliphatic carbocycles. The summed E-state index contributed by atoms with van der Waals surface area (Å²) in [5, 5.41) is 10.5. The molecule has 0 aromatic heterocycles. The number of rotatable bonds is 0. The molecule has 0 heterocycles. The molecular weight excluding hydrogens is 384 g/mol. The van der Waals surface area contributed by atoms with Crippen molar-refractivity contribution >= 4 is 0 Å². The quantitative estimate of drug-likeness (QED) is 0.242. The summed E-state index contributed by atoms with van der Waals surface area (Å²) in [5.74, 6) is 0. The van der Waals surface area contributed by atoms with Gasteiger partial charge in [-0.3, -0.25) is 0 Å². The van der Waals surface area contributed by atoms with Crippen LogP contribution in [0, 0.1) is 41.7 Å².